The number of sulfone groups is 1. The van der Waals surface area contributed by atoms with Crippen LogP contribution in [0.2, 0.25) is 5.02 Å². The number of rotatable bonds is 7. The number of ether oxygens (including phenoxy) is 1. The molecule has 27 heavy (non-hydrogen) atoms. The van der Waals surface area contributed by atoms with E-state index in [2.05, 4.69) is 0 Å². The van der Waals surface area contributed by atoms with Crippen LogP contribution in [0.5, 0.6) is 0 Å². The summed E-state index contributed by atoms with van der Waals surface area (Å²) in [6.07, 6.45) is 0.942. The lowest BCUT2D eigenvalue weighted by molar-refractivity contribution is -0.385. The van der Waals surface area contributed by atoms with Crippen LogP contribution in [-0.4, -0.2) is 60.8 Å². The summed E-state index contributed by atoms with van der Waals surface area (Å²) < 4.78 is 28.2. The minimum absolute atomic E-state index is 0.0135. The molecule has 0 radical (unpaired) electrons. The second-order valence-electron chi connectivity index (χ2n) is 6.14. The highest BCUT2D eigenvalue weighted by Gasteiger charge is 2.34. The molecule has 1 saturated heterocycles. The van der Waals surface area contributed by atoms with E-state index in [1.165, 1.54) is 11.0 Å². The summed E-state index contributed by atoms with van der Waals surface area (Å²) in [5, 5.41) is 11.1. The third-order valence-electron chi connectivity index (χ3n) is 4.14. The van der Waals surface area contributed by atoms with Gasteiger partial charge >= 0.3 is 5.97 Å². The third-order valence-corrected chi connectivity index (χ3v) is 6.12. The van der Waals surface area contributed by atoms with Crippen LogP contribution in [0.15, 0.2) is 18.2 Å². The Morgan fingerprint density at radius 3 is 2.67 bits per heavy atom. The molecule has 1 aromatic rings. The van der Waals surface area contributed by atoms with Crippen LogP contribution >= 0.6 is 11.6 Å². The van der Waals surface area contributed by atoms with Crippen molar-refractivity contribution in [1.82, 2.24) is 4.90 Å². The monoisotopic (exact) mass is 418 g/mol. The molecule has 0 saturated carbocycles. The number of esters is 1. The Kier molecular flexibility index (Phi) is 6.77. The summed E-state index contributed by atoms with van der Waals surface area (Å²) in [6, 6.07) is 2.99. The van der Waals surface area contributed by atoms with Gasteiger partial charge in [-0.2, -0.15) is 0 Å². The Morgan fingerprint density at radius 2 is 2.11 bits per heavy atom. The second-order valence-corrected chi connectivity index (χ2v) is 8.80. The first-order chi connectivity index (χ1) is 12.6. The first kappa shape index (κ1) is 21.1. The van der Waals surface area contributed by atoms with Crippen LogP contribution in [0.4, 0.5) is 5.69 Å². The van der Waals surface area contributed by atoms with Crippen molar-refractivity contribution < 1.29 is 27.7 Å². The molecule has 0 aromatic heterocycles. The first-order valence-electron chi connectivity index (χ1n) is 8.25. The highest BCUT2D eigenvalue weighted by Crippen LogP contribution is 2.24. The molecule has 1 aliphatic heterocycles. The fourth-order valence-corrected chi connectivity index (χ4v) is 4.79. The maximum Gasteiger partial charge on any atom is 0.345 e. The van der Waals surface area contributed by atoms with Crippen molar-refractivity contribution >= 4 is 39.0 Å². The predicted molar refractivity (Wildman–Crippen MR) is 97.5 cm³/mol. The first-order valence-corrected chi connectivity index (χ1v) is 10.5. The lowest BCUT2D eigenvalue weighted by Crippen LogP contribution is -2.43. The van der Waals surface area contributed by atoms with Crippen LogP contribution in [0.25, 0.3) is 0 Å². The van der Waals surface area contributed by atoms with Gasteiger partial charge in [-0.05, 0) is 25.0 Å². The zero-order chi connectivity index (χ0) is 20.2. The van der Waals surface area contributed by atoms with Gasteiger partial charge in [-0.25, -0.2) is 13.2 Å². The standard InChI is InChI=1S/C16H19ClN2O7S/c1-2-6-18(12-5-7-27(24,25)10-12)15(20)9-26-16(21)13-8-11(17)3-4-14(13)19(22)23/h3-4,8,12H,2,5-7,9-10H2,1H3/t12-/m1/s1. The molecule has 1 aliphatic rings. The Bertz CT molecular complexity index is 856. The molecule has 0 aliphatic carbocycles. The number of carbonyl (C=O) groups excluding carboxylic acids is 2. The van der Waals surface area contributed by atoms with Gasteiger partial charge in [0.25, 0.3) is 11.6 Å². The highest BCUT2D eigenvalue weighted by molar-refractivity contribution is 7.91. The molecular formula is C16H19ClN2O7S. The van der Waals surface area contributed by atoms with E-state index in [0.717, 1.165) is 12.1 Å². The van der Waals surface area contributed by atoms with Crippen molar-refractivity contribution in [2.45, 2.75) is 25.8 Å². The molecule has 9 nitrogen and oxygen atoms in total. The van der Waals surface area contributed by atoms with Gasteiger partial charge in [-0.1, -0.05) is 18.5 Å². The van der Waals surface area contributed by atoms with Crippen LogP contribution in [0, 0.1) is 10.1 Å². The number of carbonyl (C=O) groups is 2. The molecule has 0 unspecified atom stereocenters. The predicted octanol–water partition coefficient (Wildman–Crippen LogP) is 1.83. The van der Waals surface area contributed by atoms with E-state index in [0.29, 0.717) is 19.4 Å². The molecule has 0 N–H and O–H groups in total. The van der Waals surface area contributed by atoms with Gasteiger partial charge in [0.2, 0.25) is 0 Å². The number of amides is 1. The Labute approximate surface area is 161 Å². The normalized spacial score (nSPS) is 18.1. The molecule has 0 bridgehead atoms. The Morgan fingerprint density at radius 1 is 1.41 bits per heavy atom. The summed E-state index contributed by atoms with van der Waals surface area (Å²) in [5.74, 6) is -1.70. The largest absolute Gasteiger partial charge is 0.452 e. The van der Waals surface area contributed by atoms with Crippen molar-refractivity contribution in [1.29, 1.82) is 0 Å². The van der Waals surface area contributed by atoms with Crippen molar-refractivity contribution in [2.24, 2.45) is 0 Å². The van der Waals surface area contributed by atoms with Crippen LogP contribution in [0.3, 0.4) is 0 Å². The van der Waals surface area contributed by atoms with Gasteiger partial charge < -0.3 is 9.64 Å². The zero-order valence-electron chi connectivity index (χ0n) is 14.6. The van der Waals surface area contributed by atoms with Gasteiger partial charge in [-0.3, -0.25) is 14.9 Å². The third kappa shape index (κ3) is 5.39. The quantitative estimate of drug-likeness (QED) is 0.375. The molecular weight excluding hydrogens is 400 g/mol. The summed E-state index contributed by atoms with van der Waals surface area (Å²) in [5.41, 5.74) is -0.838. The topological polar surface area (TPSA) is 124 Å². The molecule has 1 amide bonds. The molecule has 2 rings (SSSR count). The number of halogens is 1. The van der Waals surface area contributed by atoms with E-state index >= 15 is 0 Å². The highest BCUT2D eigenvalue weighted by atomic mass is 35.5. The van der Waals surface area contributed by atoms with E-state index < -0.39 is 45.0 Å². The van der Waals surface area contributed by atoms with Crippen LogP contribution in [0.1, 0.15) is 30.1 Å². The van der Waals surface area contributed by atoms with Crippen LogP contribution in [-0.2, 0) is 19.4 Å². The van der Waals surface area contributed by atoms with Gasteiger partial charge in [0, 0.05) is 23.7 Å². The minimum Gasteiger partial charge on any atom is -0.452 e. The summed E-state index contributed by atoms with van der Waals surface area (Å²) >= 11 is 5.77. The summed E-state index contributed by atoms with van der Waals surface area (Å²) in [6.45, 7) is 1.53. The molecule has 1 aromatic carbocycles. The van der Waals surface area contributed by atoms with Crippen LogP contribution < -0.4 is 0 Å². The van der Waals surface area contributed by atoms with Crippen molar-refractivity contribution in [3.8, 4) is 0 Å². The Balaban J connectivity index is 2.08. The maximum atomic E-state index is 12.4. The molecule has 1 atom stereocenters. The summed E-state index contributed by atoms with van der Waals surface area (Å²) in [4.78, 5) is 36.3. The Hall–Kier alpha value is -2.20. The lowest BCUT2D eigenvalue weighted by Gasteiger charge is -2.27. The number of hydrogen-bond acceptors (Lipinski definition) is 7. The van der Waals surface area contributed by atoms with Gasteiger partial charge in [0.1, 0.15) is 5.56 Å². The van der Waals surface area contributed by atoms with E-state index in [1.807, 2.05) is 6.92 Å². The average Bonchev–Trinajstić information content (AvgIpc) is 2.96. The number of benzene rings is 1. The summed E-state index contributed by atoms with van der Waals surface area (Å²) in [7, 11) is -3.18. The number of nitro groups is 1. The number of nitrogens with zero attached hydrogens (tertiary/aromatic N) is 2. The fraction of sp³-hybridized carbons (Fsp3) is 0.500. The second kappa shape index (κ2) is 8.66. The van der Waals surface area contributed by atoms with E-state index in [4.69, 9.17) is 16.3 Å². The van der Waals surface area contributed by atoms with Gasteiger partial charge in [-0.15, -0.1) is 0 Å². The van der Waals surface area contributed by atoms with E-state index in [-0.39, 0.29) is 22.1 Å². The zero-order valence-corrected chi connectivity index (χ0v) is 16.2. The molecule has 0 spiro atoms. The molecule has 1 heterocycles. The maximum absolute atomic E-state index is 12.4. The molecule has 11 heteroatoms. The smallest absolute Gasteiger partial charge is 0.345 e. The molecule has 1 fully saturated rings. The van der Waals surface area contributed by atoms with Crippen molar-refractivity contribution in [3.63, 3.8) is 0 Å². The van der Waals surface area contributed by atoms with Gasteiger partial charge in [0.15, 0.2) is 16.4 Å². The number of hydrogen-bond donors (Lipinski definition) is 0. The van der Waals surface area contributed by atoms with Crippen molar-refractivity contribution in [2.75, 3.05) is 24.7 Å². The average molecular weight is 419 g/mol. The fourth-order valence-electron chi connectivity index (χ4n) is 2.89. The van der Waals surface area contributed by atoms with E-state index in [9.17, 15) is 28.1 Å². The SMILES string of the molecule is CCCN(C(=O)COC(=O)c1cc(Cl)ccc1[N+](=O)[O-])[C@@H]1CCS(=O)(=O)C1. The number of nitro benzene ring substituents is 1. The van der Waals surface area contributed by atoms with E-state index in [1.54, 1.807) is 0 Å². The van der Waals surface area contributed by atoms with Crippen molar-refractivity contribution in [3.05, 3.63) is 38.9 Å². The molecule has 148 valence electrons. The minimum atomic E-state index is -3.18. The van der Waals surface area contributed by atoms with Gasteiger partial charge in [0.05, 0.1) is 16.4 Å². The lowest BCUT2D eigenvalue weighted by atomic mass is 10.2.